The Morgan fingerprint density at radius 3 is 2.33 bits per heavy atom. The number of hydrogen-bond acceptors (Lipinski definition) is 3. The molecule has 0 bridgehead atoms. The summed E-state index contributed by atoms with van der Waals surface area (Å²) in [5.74, 6) is 0. The van der Waals surface area contributed by atoms with Crippen molar-refractivity contribution in [2.45, 2.75) is 0 Å². The second kappa shape index (κ2) is 3.25. The summed E-state index contributed by atoms with van der Waals surface area (Å²) in [5.41, 5.74) is 0. The van der Waals surface area contributed by atoms with Gasteiger partial charge in [0.1, 0.15) is 0 Å². The average Bonchev–Trinajstić information content (AvgIpc) is 1.63. The summed E-state index contributed by atoms with van der Waals surface area (Å²) in [6.45, 7) is 2.66. The lowest BCUT2D eigenvalue weighted by atomic mass is 11.8. The summed E-state index contributed by atoms with van der Waals surface area (Å²) >= 11 is 0. The van der Waals surface area contributed by atoms with Gasteiger partial charge in [-0.25, -0.2) is 8.88 Å². The first-order chi connectivity index (χ1) is 3.98. The van der Waals surface area contributed by atoms with Crippen molar-refractivity contribution in [1.82, 2.24) is 0 Å². The molecular formula is CH5NO5P2. The van der Waals surface area contributed by atoms with Crippen molar-refractivity contribution in [2.75, 3.05) is 0 Å². The van der Waals surface area contributed by atoms with Crippen LogP contribution in [0.5, 0.6) is 0 Å². The van der Waals surface area contributed by atoms with Gasteiger partial charge >= 0.3 is 16.0 Å². The second-order valence-electron chi connectivity index (χ2n) is 0.989. The van der Waals surface area contributed by atoms with Crippen LogP contribution in [0.15, 0.2) is 4.76 Å². The Hall–Kier alpha value is 0.01000. The van der Waals surface area contributed by atoms with E-state index < -0.39 is 16.0 Å². The molecular weight excluding hydrogens is 168 g/mol. The number of rotatable bonds is 3. The van der Waals surface area contributed by atoms with E-state index in [-0.39, 0.29) is 0 Å². The molecule has 0 aromatic rings. The molecule has 0 radical (unpaired) electrons. The van der Waals surface area contributed by atoms with E-state index in [1.54, 1.807) is 0 Å². The fourth-order valence-electron chi connectivity index (χ4n) is 0.131. The lowest BCUT2D eigenvalue weighted by Gasteiger charge is -1.99. The van der Waals surface area contributed by atoms with E-state index in [0.29, 0.717) is 0 Å². The zero-order valence-electron chi connectivity index (χ0n) is 4.22. The molecule has 0 heterocycles. The average molecular weight is 173 g/mol. The Balaban J connectivity index is 4.03. The van der Waals surface area contributed by atoms with Gasteiger partial charge in [-0.2, -0.15) is 4.76 Å². The highest BCUT2D eigenvalue weighted by Crippen LogP contribution is 2.50. The van der Waals surface area contributed by atoms with Crippen LogP contribution in [0.25, 0.3) is 0 Å². The van der Waals surface area contributed by atoms with Crippen LogP contribution in [0, 0.1) is 0 Å². The van der Waals surface area contributed by atoms with Gasteiger partial charge < -0.3 is 9.79 Å². The minimum atomic E-state index is -4.23. The highest BCUT2D eigenvalue weighted by molar-refractivity contribution is 7.58. The molecule has 8 heteroatoms. The van der Waals surface area contributed by atoms with E-state index in [0.717, 1.165) is 0 Å². The van der Waals surface area contributed by atoms with Crippen LogP contribution in [-0.2, 0) is 13.4 Å². The Kier molecular flexibility index (Phi) is 3.25. The molecule has 0 aliphatic heterocycles. The van der Waals surface area contributed by atoms with E-state index >= 15 is 0 Å². The largest absolute Gasteiger partial charge is 0.457 e. The Bertz CT molecular complexity index is 176. The molecule has 2 N–H and O–H groups in total. The van der Waals surface area contributed by atoms with Crippen molar-refractivity contribution in [3.63, 3.8) is 0 Å². The molecule has 6 nitrogen and oxygen atoms in total. The van der Waals surface area contributed by atoms with Crippen LogP contribution in [0.2, 0.25) is 0 Å². The molecule has 0 rings (SSSR count). The first-order valence-electron chi connectivity index (χ1n) is 1.71. The van der Waals surface area contributed by atoms with E-state index in [9.17, 15) is 9.13 Å². The zero-order valence-corrected chi connectivity index (χ0v) is 6.12. The predicted molar refractivity (Wildman–Crippen MR) is 31.7 cm³/mol. The van der Waals surface area contributed by atoms with Gasteiger partial charge in [0.2, 0.25) is 0 Å². The molecule has 2 atom stereocenters. The molecule has 9 heavy (non-hydrogen) atoms. The molecule has 0 fully saturated rings. The van der Waals surface area contributed by atoms with Crippen molar-refractivity contribution in [3.8, 4) is 0 Å². The van der Waals surface area contributed by atoms with Crippen LogP contribution < -0.4 is 0 Å². The Morgan fingerprint density at radius 1 is 1.78 bits per heavy atom. The maximum absolute atomic E-state index is 10.2. The molecule has 0 amide bonds. The topological polar surface area (TPSA) is 96.2 Å². The number of nitrogens with zero attached hydrogens (tertiary/aromatic N) is 1. The first kappa shape index (κ1) is 9.01. The molecule has 0 saturated carbocycles. The van der Waals surface area contributed by atoms with Crippen LogP contribution >= 0.6 is 16.0 Å². The van der Waals surface area contributed by atoms with Crippen LogP contribution in [-0.4, -0.2) is 16.5 Å². The monoisotopic (exact) mass is 173 g/mol. The normalized spacial score (nSPS) is 20.2. The molecule has 54 valence electrons. The third-order valence-corrected chi connectivity index (χ3v) is 2.31. The van der Waals surface area contributed by atoms with Gasteiger partial charge in [0, 0.05) is 0 Å². The van der Waals surface area contributed by atoms with Gasteiger partial charge in [0.25, 0.3) is 0 Å². The lowest BCUT2D eigenvalue weighted by Crippen LogP contribution is -1.73. The Morgan fingerprint density at radius 2 is 2.22 bits per heavy atom. The standard InChI is InChI=1S/CH5NO5P2/c1-2-9(5,6)7-8(3)4/h8H,1H2,(H,3,4)(H,5,6). The van der Waals surface area contributed by atoms with E-state index in [1.807, 2.05) is 0 Å². The zero-order chi connectivity index (χ0) is 7.49. The van der Waals surface area contributed by atoms with E-state index in [4.69, 9.17) is 9.79 Å². The summed E-state index contributed by atoms with van der Waals surface area (Å²) < 4.78 is 26.0. The molecule has 0 aliphatic carbocycles. The molecule has 0 aromatic carbocycles. The Labute approximate surface area is 51.7 Å². The third-order valence-electron chi connectivity index (χ3n) is 0.376. The fraction of sp³-hybridized carbons (Fsp3) is 0. The molecule has 0 aromatic heterocycles. The predicted octanol–water partition coefficient (Wildman–Crippen LogP) is 0.186. The van der Waals surface area contributed by atoms with Crippen molar-refractivity contribution < 1.29 is 23.2 Å². The van der Waals surface area contributed by atoms with Crippen molar-refractivity contribution in [3.05, 3.63) is 0 Å². The van der Waals surface area contributed by atoms with Crippen molar-refractivity contribution in [1.29, 1.82) is 0 Å². The summed E-state index contributed by atoms with van der Waals surface area (Å²) in [7, 11) is -7.63. The van der Waals surface area contributed by atoms with Crippen LogP contribution in [0.3, 0.4) is 0 Å². The molecule has 0 spiro atoms. The van der Waals surface area contributed by atoms with Crippen molar-refractivity contribution in [2.24, 2.45) is 4.76 Å². The minimum Gasteiger partial charge on any atom is -0.326 e. The van der Waals surface area contributed by atoms with Gasteiger partial charge in [0.05, 0.1) is 0 Å². The van der Waals surface area contributed by atoms with Gasteiger partial charge in [-0.05, 0) is 6.72 Å². The molecule has 2 unspecified atom stereocenters. The molecule has 0 saturated heterocycles. The van der Waals surface area contributed by atoms with E-state index in [1.165, 1.54) is 0 Å². The summed E-state index contributed by atoms with van der Waals surface area (Å²) in [4.78, 5) is 16.2. The highest BCUT2D eigenvalue weighted by Gasteiger charge is 2.17. The first-order valence-corrected chi connectivity index (χ1v) is 4.51. The summed E-state index contributed by atoms with van der Waals surface area (Å²) in [5, 5.41) is 0. The highest BCUT2D eigenvalue weighted by atomic mass is 31.2. The smallest absolute Gasteiger partial charge is 0.326 e. The van der Waals surface area contributed by atoms with Crippen LogP contribution in [0.1, 0.15) is 0 Å². The maximum atomic E-state index is 10.2. The summed E-state index contributed by atoms with van der Waals surface area (Å²) in [6.07, 6.45) is 0. The third kappa shape index (κ3) is 4.51. The maximum Gasteiger partial charge on any atom is 0.457 e. The SMILES string of the molecule is C=NP(=O)(O)O[PH](=O)O. The number of hydrogen-bond donors (Lipinski definition) is 2. The van der Waals surface area contributed by atoms with Gasteiger partial charge in [-0.3, -0.25) is 4.57 Å². The van der Waals surface area contributed by atoms with Gasteiger partial charge in [-0.1, -0.05) is 0 Å². The van der Waals surface area contributed by atoms with E-state index in [2.05, 4.69) is 15.8 Å². The second-order valence-corrected chi connectivity index (χ2v) is 3.52. The quantitative estimate of drug-likeness (QED) is 0.468. The molecule has 0 aliphatic rings. The fourth-order valence-corrected chi connectivity index (χ4v) is 1.18. The van der Waals surface area contributed by atoms with Gasteiger partial charge in [0.15, 0.2) is 0 Å². The van der Waals surface area contributed by atoms with Crippen LogP contribution in [0.4, 0.5) is 0 Å². The lowest BCUT2D eigenvalue weighted by molar-refractivity contribution is 0.352. The van der Waals surface area contributed by atoms with Gasteiger partial charge in [-0.15, -0.1) is 0 Å². The minimum absolute atomic E-state index is 2.56. The van der Waals surface area contributed by atoms with Crippen molar-refractivity contribution >= 4 is 22.7 Å². The summed E-state index contributed by atoms with van der Waals surface area (Å²) in [6, 6.07) is 0.